The van der Waals surface area contributed by atoms with Crippen LogP contribution in [-0.2, 0) is 4.79 Å². The molecule has 6 nitrogen and oxygen atoms in total. The zero-order valence-corrected chi connectivity index (χ0v) is 17.6. The lowest BCUT2D eigenvalue weighted by Gasteiger charge is -2.13. The van der Waals surface area contributed by atoms with Crippen LogP contribution in [-0.4, -0.2) is 35.8 Å². The van der Waals surface area contributed by atoms with Crippen molar-refractivity contribution in [3.63, 3.8) is 0 Å². The molecular weight excluding hydrogens is 421 g/mol. The van der Waals surface area contributed by atoms with Crippen molar-refractivity contribution in [3.8, 4) is 11.5 Å². The summed E-state index contributed by atoms with van der Waals surface area (Å²) in [5.74, 6) is -0.827. The number of nitrogens with zero attached hydrogens (tertiary/aromatic N) is 2. The van der Waals surface area contributed by atoms with Crippen LogP contribution >= 0.6 is 11.6 Å². The fourth-order valence-electron chi connectivity index (χ4n) is 2.60. The Labute approximate surface area is 183 Å². The fourth-order valence-corrected chi connectivity index (χ4v) is 2.80. The number of aromatic nitrogens is 1. The van der Waals surface area contributed by atoms with Crippen molar-refractivity contribution in [3.05, 3.63) is 89.0 Å². The first-order valence-corrected chi connectivity index (χ1v) is 9.59. The van der Waals surface area contributed by atoms with E-state index in [9.17, 15) is 14.0 Å². The molecule has 8 heteroatoms. The molecule has 0 atom stereocenters. The third-order valence-electron chi connectivity index (χ3n) is 4.12. The Hall–Kier alpha value is -3.71. The molecule has 0 aliphatic carbocycles. The summed E-state index contributed by atoms with van der Waals surface area (Å²) < 4.78 is 19.7. The second kappa shape index (κ2) is 9.86. The number of ether oxygens (including phenoxy) is 1. The number of amides is 2. The Morgan fingerprint density at radius 3 is 2.65 bits per heavy atom. The summed E-state index contributed by atoms with van der Waals surface area (Å²) in [5.41, 5.74) is 1.17. The maximum atomic E-state index is 14.3. The van der Waals surface area contributed by atoms with Crippen LogP contribution in [0.3, 0.4) is 0 Å². The molecule has 0 saturated carbocycles. The van der Waals surface area contributed by atoms with E-state index < -0.39 is 11.7 Å². The van der Waals surface area contributed by atoms with E-state index in [1.807, 2.05) is 0 Å². The Bertz CT molecular complexity index is 1130. The number of benzene rings is 2. The number of rotatable bonds is 6. The monoisotopic (exact) mass is 439 g/mol. The van der Waals surface area contributed by atoms with Crippen LogP contribution in [0.15, 0.2) is 67.0 Å². The zero-order valence-electron chi connectivity index (χ0n) is 16.8. The highest BCUT2D eigenvalue weighted by Gasteiger charge is 2.13. The van der Waals surface area contributed by atoms with Crippen LogP contribution in [0, 0.1) is 5.82 Å². The number of halogens is 2. The number of hydrogen-bond donors (Lipinski definition) is 1. The van der Waals surface area contributed by atoms with Crippen LogP contribution in [0.25, 0.3) is 6.08 Å². The Balaban J connectivity index is 1.67. The van der Waals surface area contributed by atoms with Gasteiger partial charge in [0.15, 0.2) is 11.6 Å². The van der Waals surface area contributed by atoms with Gasteiger partial charge in [-0.3, -0.25) is 14.6 Å². The second-order valence-corrected chi connectivity index (χ2v) is 7.10. The molecule has 0 saturated heterocycles. The van der Waals surface area contributed by atoms with Crippen LogP contribution < -0.4 is 10.1 Å². The Morgan fingerprint density at radius 1 is 1.16 bits per heavy atom. The molecule has 0 fully saturated rings. The third-order valence-corrected chi connectivity index (χ3v) is 4.45. The van der Waals surface area contributed by atoms with Crippen molar-refractivity contribution in [2.45, 2.75) is 0 Å². The highest BCUT2D eigenvalue weighted by Crippen LogP contribution is 2.25. The van der Waals surface area contributed by atoms with E-state index in [0.29, 0.717) is 17.0 Å². The van der Waals surface area contributed by atoms with E-state index in [4.69, 9.17) is 16.3 Å². The maximum Gasteiger partial charge on any atom is 0.254 e. The molecule has 0 aliphatic rings. The van der Waals surface area contributed by atoms with E-state index in [1.54, 1.807) is 44.6 Å². The molecule has 0 spiro atoms. The van der Waals surface area contributed by atoms with Gasteiger partial charge in [-0.15, -0.1) is 0 Å². The van der Waals surface area contributed by atoms with Gasteiger partial charge < -0.3 is 15.0 Å². The van der Waals surface area contributed by atoms with Gasteiger partial charge >= 0.3 is 0 Å². The quantitative estimate of drug-likeness (QED) is 0.547. The predicted molar refractivity (Wildman–Crippen MR) is 118 cm³/mol. The lowest BCUT2D eigenvalue weighted by molar-refractivity contribution is -0.111. The molecule has 0 aliphatic heterocycles. The lowest BCUT2D eigenvalue weighted by atomic mass is 10.1. The summed E-state index contributed by atoms with van der Waals surface area (Å²) in [6.07, 6.45) is 5.80. The van der Waals surface area contributed by atoms with Crippen LogP contribution in [0.2, 0.25) is 5.02 Å². The third kappa shape index (κ3) is 5.90. The Kier molecular flexibility index (Phi) is 6.99. The van der Waals surface area contributed by atoms with Gasteiger partial charge in [-0.1, -0.05) is 17.7 Å². The number of anilines is 1. The van der Waals surface area contributed by atoms with Crippen molar-refractivity contribution >= 4 is 35.2 Å². The van der Waals surface area contributed by atoms with E-state index in [0.717, 1.165) is 0 Å². The molecule has 158 valence electrons. The van der Waals surface area contributed by atoms with E-state index >= 15 is 0 Å². The summed E-state index contributed by atoms with van der Waals surface area (Å²) in [6.45, 7) is 0. The van der Waals surface area contributed by atoms with Gasteiger partial charge in [0.05, 0.1) is 16.8 Å². The lowest BCUT2D eigenvalue weighted by Crippen LogP contribution is -2.22. The van der Waals surface area contributed by atoms with Gasteiger partial charge in [-0.05, 0) is 54.1 Å². The molecule has 2 aromatic carbocycles. The van der Waals surface area contributed by atoms with E-state index in [-0.39, 0.29) is 22.2 Å². The SMILES string of the molecule is CN(C)C(=O)c1cc(NC(=O)/C=C/c2ccc(Oc3cccnc3)c(F)c2)ccc1Cl. The summed E-state index contributed by atoms with van der Waals surface area (Å²) in [7, 11) is 3.22. The summed E-state index contributed by atoms with van der Waals surface area (Å²) in [4.78, 5) is 29.7. The first-order chi connectivity index (χ1) is 14.8. The number of carbonyl (C=O) groups is 2. The second-order valence-electron chi connectivity index (χ2n) is 6.70. The van der Waals surface area contributed by atoms with Crippen molar-refractivity contribution in [1.29, 1.82) is 0 Å². The highest BCUT2D eigenvalue weighted by molar-refractivity contribution is 6.34. The van der Waals surface area contributed by atoms with E-state index in [2.05, 4.69) is 10.3 Å². The van der Waals surface area contributed by atoms with Gasteiger partial charge in [-0.2, -0.15) is 0 Å². The normalized spacial score (nSPS) is 10.7. The molecule has 0 unspecified atom stereocenters. The average Bonchev–Trinajstić information content (AvgIpc) is 2.75. The number of nitrogens with one attached hydrogen (secondary N) is 1. The van der Waals surface area contributed by atoms with Gasteiger partial charge in [0, 0.05) is 32.1 Å². The summed E-state index contributed by atoms with van der Waals surface area (Å²) in [6, 6.07) is 12.3. The minimum absolute atomic E-state index is 0.0499. The van der Waals surface area contributed by atoms with E-state index in [1.165, 1.54) is 47.5 Å². The molecule has 1 heterocycles. The van der Waals surface area contributed by atoms with Gasteiger partial charge in [0.25, 0.3) is 5.91 Å². The first-order valence-electron chi connectivity index (χ1n) is 9.21. The van der Waals surface area contributed by atoms with Crippen molar-refractivity contribution in [2.75, 3.05) is 19.4 Å². The van der Waals surface area contributed by atoms with Crippen molar-refractivity contribution in [2.24, 2.45) is 0 Å². The maximum absolute atomic E-state index is 14.3. The van der Waals surface area contributed by atoms with Crippen LogP contribution in [0.5, 0.6) is 11.5 Å². The van der Waals surface area contributed by atoms with Gasteiger partial charge in [0.1, 0.15) is 5.75 Å². The molecule has 0 bridgehead atoms. The first kappa shape index (κ1) is 22.0. The molecule has 31 heavy (non-hydrogen) atoms. The van der Waals surface area contributed by atoms with Gasteiger partial charge in [0.2, 0.25) is 5.91 Å². The number of carbonyl (C=O) groups excluding carboxylic acids is 2. The van der Waals surface area contributed by atoms with Gasteiger partial charge in [-0.25, -0.2) is 4.39 Å². The largest absolute Gasteiger partial charge is 0.453 e. The predicted octanol–water partition coefficient (Wildman–Crippen LogP) is 5.02. The van der Waals surface area contributed by atoms with Crippen LogP contribution in [0.4, 0.5) is 10.1 Å². The molecule has 3 aromatic rings. The summed E-state index contributed by atoms with van der Waals surface area (Å²) in [5, 5.41) is 2.94. The number of hydrogen-bond acceptors (Lipinski definition) is 4. The standard InChI is InChI=1S/C23H19ClFN3O3/c1-28(2)23(30)18-13-16(7-8-19(18)24)27-22(29)10-6-15-5-9-21(20(25)12-15)31-17-4-3-11-26-14-17/h3-14H,1-2H3,(H,27,29)/b10-6+. The molecular formula is C23H19ClFN3O3. The minimum Gasteiger partial charge on any atom is -0.453 e. The smallest absolute Gasteiger partial charge is 0.254 e. The minimum atomic E-state index is -0.573. The Morgan fingerprint density at radius 2 is 1.97 bits per heavy atom. The molecule has 1 N–H and O–H groups in total. The molecule has 1 aromatic heterocycles. The molecule has 2 amide bonds. The summed E-state index contributed by atoms with van der Waals surface area (Å²) >= 11 is 6.07. The number of pyridine rings is 1. The van der Waals surface area contributed by atoms with Crippen molar-refractivity contribution < 1.29 is 18.7 Å². The average molecular weight is 440 g/mol. The van der Waals surface area contributed by atoms with Crippen molar-refractivity contribution in [1.82, 2.24) is 9.88 Å². The zero-order chi connectivity index (χ0) is 22.4. The molecule has 0 radical (unpaired) electrons. The topological polar surface area (TPSA) is 71.5 Å². The van der Waals surface area contributed by atoms with Crippen LogP contribution in [0.1, 0.15) is 15.9 Å². The highest BCUT2D eigenvalue weighted by atomic mass is 35.5. The molecule has 3 rings (SSSR count). The fraction of sp³-hybridized carbons (Fsp3) is 0.0870.